The van der Waals surface area contributed by atoms with Crippen molar-refractivity contribution in [3.05, 3.63) is 58.9 Å². The maximum atomic E-state index is 13.0. The van der Waals surface area contributed by atoms with Crippen LogP contribution in [0.5, 0.6) is 5.75 Å². The summed E-state index contributed by atoms with van der Waals surface area (Å²) in [4.78, 5) is 17.2. The van der Waals surface area contributed by atoms with Crippen molar-refractivity contribution in [1.82, 2.24) is 4.98 Å². The number of methoxy groups -OCH3 is 1. The molecule has 1 heterocycles. The Labute approximate surface area is 178 Å². The summed E-state index contributed by atoms with van der Waals surface area (Å²) in [6.45, 7) is 2.74. The summed E-state index contributed by atoms with van der Waals surface area (Å²) in [6.07, 6.45) is 0. The molecule has 0 bridgehead atoms. The van der Waals surface area contributed by atoms with Gasteiger partial charge in [0.1, 0.15) is 10.5 Å². The highest BCUT2D eigenvalue weighted by molar-refractivity contribution is 7.93. The summed E-state index contributed by atoms with van der Waals surface area (Å²) in [5.41, 5.74) is 1.51. The molecule has 2 aromatic carbocycles. The van der Waals surface area contributed by atoms with E-state index in [4.69, 9.17) is 16.3 Å². The van der Waals surface area contributed by atoms with Gasteiger partial charge < -0.3 is 10.1 Å². The number of rotatable bonds is 6. The average molecular weight is 451 g/mol. The number of hydrogen-bond acceptors (Lipinski definition) is 6. The first-order valence-corrected chi connectivity index (χ1v) is 11.3. The summed E-state index contributed by atoms with van der Waals surface area (Å²) in [5.74, 6) is -0.131. The maximum Gasteiger partial charge on any atom is 0.247 e. The predicted octanol–water partition coefficient (Wildman–Crippen LogP) is 4.66. The second kappa shape index (κ2) is 8.14. The lowest BCUT2D eigenvalue weighted by atomic mass is 10.2. The number of nitrogens with zero attached hydrogens (tertiary/aromatic N) is 1. The smallest absolute Gasteiger partial charge is 0.247 e. The molecule has 0 aliphatic rings. The Balaban J connectivity index is 1.80. The third-order valence-electron chi connectivity index (χ3n) is 4.45. The van der Waals surface area contributed by atoms with Crippen LogP contribution in [0.15, 0.2) is 58.8 Å². The highest BCUT2D eigenvalue weighted by atomic mass is 35.5. The zero-order valence-electron chi connectivity index (χ0n) is 16.0. The highest BCUT2D eigenvalue weighted by Crippen LogP contribution is 2.30. The molecule has 0 atom stereocenters. The van der Waals surface area contributed by atoms with Crippen molar-refractivity contribution in [2.24, 2.45) is 0 Å². The minimum atomic E-state index is -3.94. The van der Waals surface area contributed by atoms with Crippen molar-refractivity contribution in [3.8, 4) is 17.0 Å². The molecule has 1 aromatic heterocycles. The van der Waals surface area contributed by atoms with Crippen molar-refractivity contribution in [3.63, 3.8) is 0 Å². The number of amides is 1. The summed E-state index contributed by atoms with van der Waals surface area (Å²) in [6, 6.07) is 13.1. The Morgan fingerprint density at radius 3 is 2.31 bits per heavy atom. The molecule has 0 spiro atoms. The molecular weight excluding hydrogens is 432 g/mol. The first kappa shape index (κ1) is 21.3. The van der Waals surface area contributed by atoms with Crippen molar-refractivity contribution >= 4 is 43.8 Å². The van der Waals surface area contributed by atoms with Gasteiger partial charge in [-0.25, -0.2) is 13.4 Å². The Morgan fingerprint density at radius 2 is 1.72 bits per heavy atom. The normalized spacial score (nSPS) is 11.9. The van der Waals surface area contributed by atoms with Gasteiger partial charge in [-0.2, -0.15) is 0 Å². The van der Waals surface area contributed by atoms with Gasteiger partial charge in [-0.3, -0.25) is 4.79 Å². The van der Waals surface area contributed by atoms with Crippen LogP contribution in [-0.4, -0.2) is 31.2 Å². The monoisotopic (exact) mass is 450 g/mol. The predicted molar refractivity (Wildman–Crippen MR) is 115 cm³/mol. The Hall–Kier alpha value is -2.42. The van der Waals surface area contributed by atoms with Gasteiger partial charge in [0, 0.05) is 16.0 Å². The minimum Gasteiger partial charge on any atom is -0.497 e. The number of halogens is 1. The number of carbonyl (C=O) groups excluding carboxylic acids is 1. The second-order valence-electron chi connectivity index (χ2n) is 6.69. The van der Waals surface area contributed by atoms with Crippen molar-refractivity contribution in [1.29, 1.82) is 0 Å². The molecule has 29 heavy (non-hydrogen) atoms. The number of thiazole rings is 1. The molecule has 152 valence electrons. The zero-order chi connectivity index (χ0) is 21.2. The molecule has 0 saturated carbocycles. The van der Waals surface area contributed by atoms with E-state index in [1.165, 1.54) is 44.4 Å². The zero-order valence-corrected chi connectivity index (χ0v) is 18.4. The SMILES string of the molecule is COc1ccc(S(=O)(=O)C(C)(C)C(=O)Nc2nc(-c3ccc(Cl)cc3)cs2)cc1. The van der Waals surface area contributed by atoms with Gasteiger partial charge in [0.15, 0.2) is 15.0 Å². The average Bonchev–Trinajstić information content (AvgIpc) is 3.16. The molecule has 0 unspecified atom stereocenters. The number of sulfone groups is 1. The van der Waals surface area contributed by atoms with Crippen LogP contribution < -0.4 is 10.1 Å². The number of hydrogen-bond donors (Lipinski definition) is 1. The van der Waals surface area contributed by atoms with Crippen LogP contribution in [-0.2, 0) is 14.6 Å². The van der Waals surface area contributed by atoms with E-state index in [1.54, 1.807) is 29.6 Å². The fourth-order valence-corrected chi connectivity index (χ4v) is 4.72. The van der Waals surface area contributed by atoms with Gasteiger partial charge in [0.2, 0.25) is 5.91 Å². The van der Waals surface area contributed by atoms with Gasteiger partial charge >= 0.3 is 0 Å². The maximum absolute atomic E-state index is 13.0. The van der Waals surface area contributed by atoms with Crippen LogP contribution in [0.1, 0.15) is 13.8 Å². The standard InChI is InChI=1S/C20H19ClN2O4S2/c1-20(2,29(25,26)16-10-8-15(27-3)9-11-16)18(24)23-19-22-17(12-28-19)13-4-6-14(21)7-5-13/h4-12H,1-3H3,(H,22,23,24). The van der Waals surface area contributed by atoms with E-state index in [1.807, 2.05) is 12.1 Å². The first-order valence-electron chi connectivity index (χ1n) is 8.57. The van der Waals surface area contributed by atoms with Crippen LogP contribution in [0, 0.1) is 0 Å². The molecule has 0 radical (unpaired) electrons. The summed E-state index contributed by atoms with van der Waals surface area (Å²) in [5, 5.41) is 5.33. The third-order valence-corrected chi connectivity index (χ3v) is 7.88. The van der Waals surface area contributed by atoms with Crippen molar-refractivity contribution in [2.45, 2.75) is 23.5 Å². The topological polar surface area (TPSA) is 85.4 Å². The number of aromatic nitrogens is 1. The lowest BCUT2D eigenvalue weighted by molar-refractivity contribution is -0.117. The second-order valence-corrected chi connectivity index (χ2v) is 10.5. The highest BCUT2D eigenvalue weighted by Gasteiger charge is 2.43. The summed E-state index contributed by atoms with van der Waals surface area (Å²) >= 11 is 7.11. The van der Waals surface area contributed by atoms with E-state index >= 15 is 0 Å². The molecule has 1 N–H and O–H groups in total. The number of ether oxygens (including phenoxy) is 1. The van der Waals surface area contributed by atoms with Gasteiger partial charge in [-0.15, -0.1) is 11.3 Å². The van der Waals surface area contributed by atoms with Crippen molar-refractivity contribution in [2.75, 3.05) is 12.4 Å². The Bertz CT molecular complexity index is 1120. The Morgan fingerprint density at radius 1 is 1.10 bits per heavy atom. The minimum absolute atomic E-state index is 0.0412. The molecule has 0 aliphatic carbocycles. The Kier molecular flexibility index (Phi) is 5.97. The largest absolute Gasteiger partial charge is 0.497 e. The number of anilines is 1. The van der Waals surface area contributed by atoms with Crippen LogP contribution in [0.4, 0.5) is 5.13 Å². The molecule has 0 aliphatic heterocycles. The molecule has 1 amide bonds. The molecule has 3 rings (SSSR count). The van der Waals surface area contributed by atoms with Crippen LogP contribution in [0.25, 0.3) is 11.3 Å². The summed E-state index contributed by atoms with van der Waals surface area (Å²) < 4.78 is 29.4. The van der Waals surface area contributed by atoms with E-state index in [0.29, 0.717) is 21.6 Å². The van der Waals surface area contributed by atoms with E-state index in [9.17, 15) is 13.2 Å². The van der Waals surface area contributed by atoms with Gasteiger partial charge in [-0.05, 0) is 50.2 Å². The van der Waals surface area contributed by atoms with E-state index < -0.39 is 20.5 Å². The van der Waals surface area contributed by atoms with Gasteiger partial charge in [-0.1, -0.05) is 23.7 Å². The molecular formula is C20H19ClN2O4S2. The fraction of sp³-hybridized carbons (Fsp3) is 0.200. The molecule has 9 heteroatoms. The fourth-order valence-electron chi connectivity index (χ4n) is 2.50. The third kappa shape index (κ3) is 4.29. The molecule has 6 nitrogen and oxygen atoms in total. The van der Waals surface area contributed by atoms with Gasteiger partial charge in [0.25, 0.3) is 0 Å². The summed E-state index contributed by atoms with van der Waals surface area (Å²) in [7, 11) is -2.45. The number of nitrogens with one attached hydrogen (secondary N) is 1. The quantitative estimate of drug-likeness (QED) is 0.590. The van der Waals surface area contributed by atoms with Crippen molar-refractivity contribution < 1.29 is 17.9 Å². The lowest BCUT2D eigenvalue weighted by Gasteiger charge is -2.23. The van der Waals surface area contributed by atoms with Crippen LogP contribution in [0.3, 0.4) is 0 Å². The molecule has 3 aromatic rings. The number of benzene rings is 2. The molecule has 0 fully saturated rings. The lowest BCUT2D eigenvalue weighted by Crippen LogP contribution is -2.44. The van der Waals surface area contributed by atoms with E-state index in [0.717, 1.165) is 5.56 Å². The van der Waals surface area contributed by atoms with E-state index in [2.05, 4.69) is 10.3 Å². The molecule has 0 saturated heterocycles. The first-order chi connectivity index (χ1) is 13.6. The number of carbonyl (C=O) groups is 1. The van der Waals surface area contributed by atoms with Crippen LogP contribution >= 0.6 is 22.9 Å². The van der Waals surface area contributed by atoms with Gasteiger partial charge in [0.05, 0.1) is 17.7 Å². The van der Waals surface area contributed by atoms with E-state index in [-0.39, 0.29) is 4.90 Å². The van der Waals surface area contributed by atoms with Crippen LogP contribution in [0.2, 0.25) is 5.02 Å².